The lowest BCUT2D eigenvalue weighted by Gasteiger charge is -2.31. The lowest BCUT2D eigenvalue weighted by atomic mass is 9.95. The van der Waals surface area contributed by atoms with Crippen molar-refractivity contribution in [3.05, 3.63) is 65.0 Å². The molecule has 8 nitrogen and oxygen atoms in total. The van der Waals surface area contributed by atoms with Gasteiger partial charge < -0.3 is 24.2 Å². The highest BCUT2D eigenvalue weighted by molar-refractivity contribution is 6.46. The third-order valence-corrected chi connectivity index (χ3v) is 6.76. The molecule has 204 valence electrons. The molecule has 9 heteroatoms. The number of aliphatic hydroxyl groups is 1. The second kappa shape index (κ2) is 12.9. The zero-order valence-corrected chi connectivity index (χ0v) is 22.0. The van der Waals surface area contributed by atoms with Crippen LogP contribution in [0.5, 0.6) is 11.5 Å². The van der Waals surface area contributed by atoms with Crippen LogP contribution in [-0.2, 0) is 14.3 Å². The minimum absolute atomic E-state index is 0.0364. The Bertz CT molecular complexity index is 1160. The lowest BCUT2D eigenvalue weighted by molar-refractivity contribution is -0.140. The third-order valence-electron chi connectivity index (χ3n) is 6.76. The summed E-state index contributed by atoms with van der Waals surface area (Å²) >= 11 is 0. The zero-order chi connectivity index (χ0) is 27.1. The summed E-state index contributed by atoms with van der Waals surface area (Å²) in [4.78, 5) is 30.3. The van der Waals surface area contributed by atoms with E-state index >= 15 is 0 Å². The van der Waals surface area contributed by atoms with Crippen LogP contribution in [-0.4, -0.2) is 79.2 Å². The number of aliphatic hydroxyl groups excluding tert-OH is 1. The van der Waals surface area contributed by atoms with Gasteiger partial charge in [0.2, 0.25) is 0 Å². The fourth-order valence-corrected chi connectivity index (χ4v) is 4.70. The maximum atomic E-state index is 13.5. The van der Waals surface area contributed by atoms with Crippen LogP contribution in [0.1, 0.15) is 43.9 Å². The monoisotopic (exact) mass is 526 g/mol. The van der Waals surface area contributed by atoms with E-state index in [0.29, 0.717) is 50.0 Å². The Morgan fingerprint density at radius 3 is 2.45 bits per heavy atom. The van der Waals surface area contributed by atoms with Gasteiger partial charge in [-0.2, -0.15) is 0 Å². The number of hydrogen-bond acceptors (Lipinski definition) is 7. The van der Waals surface area contributed by atoms with E-state index in [1.807, 2.05) is 6.92 Å². The Hall–Kier alpha value is -3.43. The van der Waals surface area contributed by atoms with Gasteiger partial charge in [-0.1, -0.05) is 19.4 Å². The standard InChI is InChI=1S/C29H35FN2O6/c1-3-5-16-38-23-11-8-21(19-24(23)37-4-2)26-25(27(33)20-6-9-22(30)10-7-20)28(34)29(35)32(26)13-12-31-14-17-36-18-15-31/h6-11,19,26,33H,3-5,12-18H2,1-2H3/b27-25+. The number of Topliss-reactive ketones (excluding diaryl/α,β-unsaturated/α-hetero) is 1. The number of morpholine rings is 1. The fraction of sp³-hybridized carbons (Fsp3) is 0.448. The van der Waals surface area contributed by atoms with Gasteiger partial charge in [-0.25, -0.2) is 4.39 Å². The quantitative estimate of drug-likeness (QED) is 0.204. The maximum absolute atomic E-state index is 13.5. The van der Waals surface area contributed by atoms with Crippen LogP contribution < -0.4 is 9.47 Å². The Balaban J connectivity index is 1.75. The van der Waals surface area contributed by atoms with E-state index in [-0.39, 0.29) is 23.4 Å². The summed E-state index contributed by atoms with van der Waals surface area (Å²) in [5.74, 6) is -1.20. The average molecular weight is 527 g/mol. The third kappa shape index (κ3) is 6.16. The zero-order valence-electron chi connectivity index (χ0n) is 22.0. The number of nitrogens with zero attached hydrogens (tertiary/aromatic N) is 2. The van der Waals surface area contributed by atoms with E-state index in [1.54, 1.807) is 18.2 Å². The van der Waals surface area contributed by atoms with Crippen LogP contribution in [0.15, 0.2) is 48.0 Å². The number of unbranched alkanes of at least 4 members (excludes halogenated alkanes) is 1. The van der Waals surface area contributed by atoms with Gasteiger partial charge in [-0.05, 0) is 55.3 Å². The van der Waals surface area contributed by atoms with Crippen LogP contribution in [0.4, 0.5) is 4.39 Å². The van der Waals surface area contributed by atoms with Crippen LogP contribution in [0, 0.1) is 5.82 Å². The molecule has 4 rings (SSSR count). The molecule has 2 heterocycles. The van der Waals surface area contributed by atoms with Crippen molar-refractivity contribution in [2.75, 3.05) is 52.6 Å². The number of ether oxygens (including phenoxy) is 3. The number of amides is 1. The van der Waals surface area contributed by atoms with Gasteiger partial charge in [0.15, 0.2) is 11.5 Å². The smallest absolute Gasteiger partial charge is 0.295 e. The molecule has 2 aliphatic heterocycles. The number of rotatable bonds is 11. The topological polar surface area (TPSA) is 88.5 Å². The number of ketones is 1. The summed E-state index contributed by atoms with van der Waals surface area (Å²) in [5.41, 5.74) is 0.832. The summed E-state index contributed by atoms with van der Waals surface area (Å²) < 4.78 is 30.7. The first-order valence-electron chi connectivity index (χ1n) is 13.2. The van der Waals surface area contributed by atoms with Crippen LogP contribution in [0.25, 0.3) is 5.76 Å². The van der Waals surface area contributed by atoms with E-state index in [1.165, 1.54) is 29.2 Å². The van der Waals surface area contributed by atoms with Crippen molar-refractivity contribution in [2.24, 2.45) is 0 Å². The predicted molar refractivity (Wildman–Crippen MR) is 141 cm³/mol. The molecule has 2 saturated heterocycles. The minimum Gasteiger partial charge on any atom is -0.507 e. The number of likely N-dealkylation sites (tertiary alicyclic amines) is 1. The minimum atomic E-state index is -0.843. The number of hydrogen-bond donors (Lipinski definition) is 1. The molecule has 2 aliphatic rings. The molecule has 0 saturated carbocycles. The van der Waals surface area contributed by atoms with Gasteiger partial charge >= 0.3 is 0 Å². The molecule has 2 fully saturated rings. The number of carbonyl (C=O) groups is 2. The molecular weight excluding hydrogens is 491 g/mol. The predicted octanol–water partition coefficient (Wildman–Crippen LogP) is 4.16. The highest BCUT2D eigenvalue weighted by atomic mass is 19.1. The molecule has 2 aromatic carbocycles. The van der Waals surface area contributed by atoms with E-state index in [9.17, 15) is 19.1 Å². The molecule has 38 heavy (non-hydrogen) atoms. The average Bonchev–Trinajstić information content (AvgIpc) is 3.18. The van der Waals surface area contributed by atoms with Gasteiger partial charge in [-0.3, -0.25) is 14.5 Å². The van der Waals surface area contributed by atoms with Crippen molar-refractivity contribution in [1.82, 2.24) is 9.80 Å². The van der Waals surface area contributed by atoms with E-state index in [4.69, 9.17) is 14.2 Å². The Morgan fingerprint density at radius 1 is 1.03 bits per heavy atom. The summed E-state index contributed by atoms with van der Waals surface area (Å²) in [5, 5.41) is 11.2. The van der Waals surface area contributed by atoms with Crippen LogP contribution in [0.2, 0.25) is 0 Å². The normalized spacial score (nSPS) is 19.7. The number of benzene rings is 2. The highest BCUT2D eigenvalue weighted by Gasteiger charge is 2.46. The maximum Gasteiger partial charge on any atom is 0.295 e. The Labute approximate surface area is 222 Å². The van der Waals surface area contributed by atoms with Crippen molar-refractivity contribution >= 4 is 17.4 Å². The molecule has 1 amide bonds. The van der Waals surface area contributed by atoms with Crippen molar-refractivity contribution in [3.63, 3.8) is 0 Å². The first-order chi connectivity index (χ1) is 18.4. The number of carbonyl (C=O) groups excluding carboxylic acids is 2. The molecular formula is C29H35FN2O6. The fourth-order valence-electron chi connectivity index (χ4n) is 4.70. The lowest BCUT2D eigenvalue weighted by Crippen LogP contribution is -2.42. The van der Waals surface area contributed by atoms with Crippen molar-refractivity contribution in [2.45, 2.75) is 32.7 Å². The first-order valence-corrected chi connectivity index (χ1v) is 13.2. The molecule has 0 spiro atoms. The second-order valence-corrected chi connectivity index (χ2v) is 9.29. The van der Waals surface area contributed by atoms with Crippen LogP contribution in [0.3, 0.4) is 0 Å². The largest absolute Gasteiger partial charge is 0.507 e. The summed E-state index contributed by atoms with van der Waals surface area (Å²) in [6.45, 7) is 8.44. The summed E-state index contributed by atoms with van der Waals surface area (Å²) in [7, 11) is 0. The van der Waals surface area contributed by atoms with E-state index < -0.39 is 23.5 Å². The second-order valence-electron chi connectivity index (χ2n) is 9.29. The summed E-state index contributed by atoms with van der Waals surface area (Å²) in [6.07, 6.45) is 1.88. The van der Waals surface area contributed by atoms with Crippen LogP contribution >= 0.6 is 0 Å². The van der Waals surface area contributed by atoms with Gasteiger partial charge in [-0.15, -0.1) is 0 Å². The Morgan fingerprint density at radius 2 is 1.76 bits per heavy atom. The molecule has 0 aromatic heterocycles. The van der Waals surface area contributed by atoms with Gasteiger partial charge in [0.05, 0.1) is 38.0 Å². The van der Waals surface area contributed by atoms with Crippen molar-refractivity contribution in [1.29, 1.82) is 0 Å². The van der Waals surface area contributed by atoms with Crippen molar-refractivity contribution in [3.8, 4) is 11.5 Å². The van der Waals surface area contributed by atoms with E-state index in [2.05, 4.69) is 11.8 Å². The van der Waals surface area contributed by atoms with Gasteiger partial charge in [0.25, 0.3) is 11.7 Å². The molecule has 0 aliphatic carbocycles. The summed E-state index contributed by atoms with van der Waals surface area (Å²) in [6, 6.07) is 9.67. The SMILES string of the molecule is CCCCOc1ccc(C2/C(=C(\O)c3ccc(F)cc3)C(=O)C(=O)N2CCN2CCOCC2)cc1OCC. The molecule has 1 N–H and O–H groups in total. The Kier molecular flexibility index (Phi) is 9.36. The first kappa shape index (κ1) is 27.6. The van der Waals surface area contributed by atoms with Crippen molar-refractivity contribution < 1.29 is 33.3 Å². The highest BCUT2D eigenvalue weighted by Crippen LogP contribution is 2.42. The number of halogens is 1. The molecule has 1 atom stereocenters. The molecule has 0 bridgehead atoms. The van der Waals surface area contributed by atoms with Gasteiger partial charge in [0.1, 0.15) is 11.6 Å². The molecule has 1 unspecified atom stereocenters. The molecule has 2 aromatic rings. The van der Waals surface area contributed by atoms with Gasteiger partial charge in [0, 0.05) is 31.7 Å². The van der Waals surface area contributed by atoms with E-state index in [0.717, 1.165) is 25.9 Å². The molecule has 0 radical (unpaired) electrons.